The SMILES string of the molecule is C=C(Nc1ccccc1O)c1ccc(C(C)C(C)C)cc1.C=O.CC(N)c1ccc(OC(F)(F)F)cc1.CO. The van der Waals surface area contributed by atoms with Crippen LogP contribution in [0.3, 0.4) is 0 Å². The summed E-state index contributed by atoms with van der Waals surface area (Å²) in [7, 11) is 1.00. The highest BCUT2D eigenvalue weighted by molar-refractivity contribution is 5.77. The fourth-order valence-electron chi connectivity index (χ4n) is 3.16. The standard InChI is InChI=1S/C19H23NO.C9H10F3NO.CH4O.CH2O/c1-13(2)14(3)16-9-11-17(12-10-16)15(4)20-18-7-5-6-8-19(18)21;1-6(13)7-2-4-8(5-3-7)14-9(10,11)12;2*1-2/h5-14,20-21H,4H2,1-3H3;2-6H,13H2,1H3;2H,1H3;1H2. The van der Waals surface area contributed by atoms with Gasteiger partial charge >= 0.3 is 6.36 Å². The molecular weight excluding hydrogens is 509 g/mol. The van der Waals surface area contributed by atoms with Crippen LogP contribution in [0, 0.1) is 5.92 Å². The molecule has 0 heterocycles. The van der Waals surface area contributed by atoms with Gasteiger partial charge in [-0.05, 0) is 59.7 Å². The molecule has 0 bridgehead atoms. The maximum Gasteiger partial charge on any atom is 0.573 e. The van der Waals surface area contributed by atoms with Crippen molar-refractivity contribution in [1.29, 1.82) is 0 Å². The second kappa shape index (κ2) is 17.6. The maximum absolute atomic E-state index is 11.8. The van der Waals surface area contributed by atoms with Crippen LogP contribution in [0.25, 0.3) is 5.70 Å². The van der Waals surface area contributed by atoms with E-state index >= 15 is 0 Å². The second-order valence-corrected chi connectivity index (χ2v) is 8.68. The number of aliphatic hydroxyl groups excluding tert-OH is 1. The van der Waals surface area contributed by atoms with E-state index in [1.807, 2.05) is 18.9 Å². The summed E-state index contributed by atoms with van der Waals surface area (Å²) < 4.78 is 39.0. The van der Waals surface area contributed by atoms with Crippen LogP contribution < -0.4 is 15.8 Å². The van der Waals surface area contributed by atoms with Gasteiger partial charge in [0.05, 0.1) is 5.69 Å². The van der Waals surface area contributed by atoms with E-state index in [1.165, 1.54) is 29.8 Å². The van der Waals surface area contributed by atoms with E-state index < -0.39 is 6.36 Å². The molecule has 0 saturated carbocycles. The number of nitrogens with two attached hydrogens (primary N) is 1. The van der Waals surface area contributed by atoms with E-state index in [2.05, 4.69) is 61.7 Å². The average Bonchev–Trinajstić information content (AvgIpc) is 2.91. The predicted molar refractivity (Wildman–Crippen MR) is 151 cm³/mol. The first-order valence-electron chi connectivity index (χ1n) is 12.1. The molecule has 3 rings (SSSR count). The lowest BCUT2D eigenvalue weighted by Crippen LogP contribution is -2.17. The Labute approximate surface area is 229 Å². The van der Waals surface area contributed by atoms with Crippen molar-refractivity contribution in [3.8, 4) is 11.5 Å². The number of hydrogen-bond donors (Lipinski definition) is 4. The van der Waals surface area contributed by atoms with Crippen molar-refractivity contribution in [2.75, 3.05) is 12.4 Å². The third-order valence-electron chi connectivity index (χ3n) is 5.61. The normalized spacial score (nSPS) is 11.8. The molecule has 0 aliphatic rings. The molecule has 9 heteroatoms. The summed E-state index contributed by atoms with van der Waals surface area (Å²) in [5, 5.41) is 19.9. The molecule has 214 valence electrons. The first-order chi connectivity index (χ1) is 18.4. The number of ether oxygens (including phenoxy) is 1. The number of rotatable bonds is 7. The molecule has 0 radical (unpaired) electrons. The third kappa shape index (κ3) is 13.0. The van der Waals surface area contributed by atoms with Gasteiger partial charge < -0.3 is 30.8 Å². The summed E-state index contributed by atoms with van der Waals surface area (Å²) in [4.78, 5) is 8.00. The number of hydrogen-bond acceptors (Lipinski definition) is 6. The number of carbonyl (C=O) groups excluding carboxylic acids is 1. The van der Waals surface area contributed by atoms with E-state index in [9.17, 15) is 18.3 Å². The number of halogens is 3. The smallest absolute Gasteiger partial charge is 0.506 e. The predicted octanol–water partition coefficient (Wildman–Crippen LogP) is 7.26. The van der Waals surface area contributed by atoms with Crippen molar-refractivity contribution >= 4 is 18.2 Å². The van der Waals surface area contributed by atoms with Gasteiger partial charge in [0, 0.05) is 18.8 Å². The molecule has 0 amide bonds. The molecule has 2 atom stereocenters. The minimum Gasteiger partial charge on any atom is -0.506 e. The highest BCUT2D eigenvalue weighted by atomic mass is 19.4. The molecule has 0 aliphatic heterocycles. The van der Waals surface area contributed by atoms with Crippen molar-refractivity contribution in [3.63, 3.8) is 0 Å². The average molecular weight is 549 g/mol. The summed E-state index contributed by atoms with van der Waals surface area (Å²) in [5.41, 5.74) is 10.1. The maximum atomic E-state index is 11.8. The van der Waals surface area contributed by atoms with Crippen LogP contribution in [0.5, 0.6) is 11.5 Å². The van der Waals surface area contributed by atoms with Crippen LogP contribution in [0.2, 0.25) is 0 Å². The van der Waals surface area contributed by atoms with Gasteiger partial charge in [0.25, 0.3) is 0 Å². The molecule has 0 fully saturated rings. The van der Waals surface area contributed by atoms with E-state index in [0.29, 0.717) is 17.5 Å². The summed E-state index contributed by atoms with van der Waals surface area (Å²) in [6, 6.07) is 20.9. The Bertz CT molecular complexity index is 1100. The largest absolute Gasteiger partial charge is 0.573 e. The lowest BCUT2D eigenvalue weighted by atomic mass is 9.90. The molecule has 3 aromatic carbocycles. The van der Waals surface area contributed by atoms with Crippen molar-refractivity contribution in [3.05, 3.63) is 96.1 Å². The molecular formula is C30H39F3N2O4. The van der Waals surface area contributed by atoms with Crippen LogP contribution >= 0.6 is 0 Å². The molecule has 2 unspecified atom stereocenters. The van der Waals surface area contributed by atoms with Crippen LogP contribution in [0.4, 0.5) is 18.9 Å². The Hall–Kier alpha value is -3.82. The molecule has 0 spiro atoms. The first-order valence-corrected chi connectivity index (χ1v) is 12.1. The van der Waals surface area contributed by atoms with Crippen LogP contribution in [-0.2, 0) is 4.79 Å². The summed E-state index contributed by atoms with van der Waals surface area (Å²) in [6.07, 6.45) is -4.64. The van der Waals surface area contributed by atoms with E-state index in [0.717, 1.165) is 23.9 Å². The Balaban J connectivity index is 0.000000698. The number of benzene rings is 3. The number of aliphatic hydroxyl groups is 1. The highest BCUT2D eigenvalue weighted by Gasteiger charge is 2.30. The van der Waals surface area contributed by atoms with Crippen molar-refractivity contribution in [1.82, 2.24) is 0 Å². The summed E-state index contributed by atoms with van der Waals surface area (Å²) in [5.74, 6) is 1.16. The van der Waals surface area contributed by atoms with E-state index in [-0.39, 0.29) is 17.5 Å². The van der Waals surface area contributed by atoms with Crippen molar-refractivity contribution < 1.29 is 32.9 Å². The Morgan fingerprint density at radius 2 is 1.36 bits per heavy atom. The molecule has 0 saturated heterocycles. The van der Waals surface area contributed by atoms with E-state index in [4.69, 9.17) is 15.6 Å². The molecule has 3 aromatic rings. The topological polar surface area (TPSA) is 105 Å². The first kappa shape index (κ1) is 35.2. The number of para-hydroxylation sites is 2. The second-order valence-electron chi connectivity index (χ2n) is 8.68. The van der Waals surface area contributed by atoms with Gasteiger partial charge in [0.15, 0.2) is 0 Å². The van der Waals surface area contributed by atoms with Crippen LogP contribution in [0.15, 0.2) is 79.4 Å². The van der Waals surface area contributed by atoms with Crippen molar-refractivity contribution in [2.24, 2.45) is 11.7 Å². The van der Waals surface area contributed by atoms with Gasteiger partial charge in [-0.1, -0.05) is 75.9 Å². The lowest BCUT2D eigenvalue weighted by Gasteiger charge is -2.17. The van der Waals surface area contributed by atoms with Gasteiger partial charge in [-0.15, -0.1) is 13.2 Å². The van der Waals surface area contributed by atoms with Gasteiger partial charge in [0.2, 0.25) is 0 Å². The fourth-order valence-corrected chi connectivity index (χ4v) is 3.16. The zero-order chi connectivity index (χ0) is 30.2. The number of carbonyl (C=O) groups is 1. The number of alkyl halides is 3. The van der Waals surface area contributed by atoms with Crippen LogP contribution in [0.1, 0.15) is 56.3 Å². The molecule has 5 N–H and O–H groups in total. The Morgan fingerprint density at radius 3 is 1.79 bits per heavy atom. The minimum atomic E-state index is -4.64. The number of aromatic hydroxyl groups is 1. The Morgan fingerprint density at radius 1 is 0.872 bits per heavy atom. The fraction of sp³-hybridized carbons (Fsp3) is 0.300. The number of nitrogens with one attached hydrogen (secondary N) is 1. The van der Waals surface area contributed by atoms with Gasteiger partial charge in [-0.3, -0.25) is 0 Å². The monoisotopic (exact) mass is 548 g/mol. The number of phenolic OH excluding ortho intramolecular Hbond substituents is 1. The van der Waals surface area contributed by atoms with Gasteiger partial charge in [-0.25, -0.2) is 0 Å². The molecule has 6 nitrogen and oxygen atoms in total. The number of phenols is 1. The minimum absolute atomic E-state index is 0.199. The summed E-state index contributed by atoms with van der Waals surface area (Å²) >= 11 is 0. The Kier molecular flexibility index (Phi) is 15.9. The molecule has 0 aliphatic carbocycles. The van der Waals surface area contributed by atoms with Crippen molar-refractivity contribution in [2.45, 2.75) is 46.0 Å². The quantitative estimate of drug-likeness (QED) is 0.232. The molecule has 39 heavy (non-hydrogen) atoms. The zero-order valence-electron chi connectivity index (χ0n) is 23.0. The van der Waals surface area contributed by atoms with E-state index in [1.54, 1.807) is 19.1 Å². The highest BCUT2D eigenvalue weighted by Crippen LogP contribution is 2.28. The zero-order valence-corrected chi connectivity index (χ0v) is 23.0. The van der Waals surface area contributed by atoms with Gasteiger partial charge in [-0.2, -0.15) is 0 Å². The third-order valence-corrected chi connectivity index (χ3v) is 5.61. The number of anilines is 1. The van der Waals surface area contributed by atoms with Crippen LogP contribution in [-0.4, -0.2) is 30.5 Å². The van der Waals surface area contributed by atoms with Gasteiger partial charge in [0.1, 0.15) is 18.3 Å². The lowest BCUT2D eigenvalue weighted by molar-refractivity contribution is -0.274. The molecule has 0 aromatic heterocycles. The summed E-state index contributed by atoms with van der Waals surface area (Å²) in [6.45, 7) is 14.5.